The zero-order valence-corrected chi connectivity index (χ0v) is 26.6. The maximum Gasteiger partial charge on any atom is 0.416 e. The largest absolute Gasteiger partial charge is 0.416 e. The topological polar surface area (TPSA) is 0 Å². The molecule has 0 aliphatic rings. The Morgan fingerprint density at radius 3 is 0.509 bits per heavy atom. The summed E-state index contributed by atoms with van der Waals surface area (Å²) in [4.78, 5) is 0. The van der Waals surface area contributed by atoms with Gasteiger partial charge in [-0.25, -0.2) is 0 Å². The van der Waals surface area contributed by atoms with Crippen LogP contribution in [0, 0.1) is 0 Å². The Labute approximate surface area is 300 Å². The number of alkyl halides is 24. The van der Waals surface area contributed by atoms with E-state index in [-0.39, 0.29) is 24.3 Å². The van der Waals surface area contributed by atoms with Crippen LogP contribution in [0.25, 0.3) is 0 Å². The Bertz CT molecular complexity index is 1830. The van der Waals surface area contributed by atoms with Crippen LogP contribution in [-0.4, -0.2) is 6.15 Å². The van der Waals surface area contributed by atoms with Gasteiger partial charge in [-0.15, -0.1) is 0 Å². The van der Waals surface area contributed by atoms with Crippen molar-refractivity contribution < 1.29 is 105 Å². The molecule has 0 spiro atoms. The highest BCUT2D eigenvalue weighted by Gasteiger charge is 2.56. The minimum Gasteiger partial charge on any atom is -0.182 e. The van der Waals surface area contributed by atoms with E-state index in [9.17, 15) is 52.7 Å². The summed E-state index contributed by atoms with van der Waals surface area (Å²) in [7, 11) is 0. The zero-order valence-electron chi connectivity index (χ0n) is 26.6. The minimum absolute atomic E-state index is 0.327. The standard InChI is InChI=1S/C32H12BF24/c34-25(35,36)13-5-1-9-17(21(13)29(46,47)48)33(18-10-2-6-14(26(37,38)39)22(18)30(49,50)51,19-11-3-7-15(27(40,41)42)23(19)31(52,53)54)20-12-4-8-16(28(43,44)45)24(20)32(55,56)57/h1-12H/q-1. The molecule has 0 saturated heterocycles. The first-order valence-electron chi connectivity index (χ1n) is 14.7. The van der Waals surface area contributed by atoms with E-state index in [0.717, 1.165) is 0 Å². The predicted molar refractivity (Wildman–Crippen MR) is 150 cm³/mol. The lowest BCUT2D eigenvalue weighted by Gasteiger charge is -2.50. The molecule has 4 aromatic carbocycles. The number of benzene rings is 4. The molecule has 0 radical (unpaired) electrons. The van der Waals surface area contributed by atoms with Crippen molar-refractivity contribution in [1.82, 2.24) is 0 Å². The van der Waals surface area contributed by atoms with Gasteiger partial charge in [0, 0.05) is 22.3 Å². The molecular weight excluding hydrogens is 851 g/mol. The van der Waals surface area contributed by atoms with Crippen LogP contribution in [0.3, 0.4) is 0 Å². The summed E-state index contributed by atoms with van der Waals surface area (Å²) >= 11 is 0. The summed E-state index contributed by atoms with van der Waals surface area (Å²) < 4.78 is 352. The normalized spacial score (nSPS) is 14.3. The van der Waals surface area contributed by atoms with Crippen molar-refractivity contribution in [2.24, 2.45) is 0 Å². The first-order chi connectivity index (χ1) is 25.4. The summed E-state index contributed by atoms with van der Waals surface area (Å²) in [6.07, 6.45) is -60.3. The van der Waals surface area contributed by atoms with Crippen LogP contribution in [0.2, 0.25) is 0 Å². The van der Waals surface area contributed by atoms with Crippen molar-refractivity contribution in [3.05, 3.63) is 117 Å². The third kappa shape index (κ3) is 8.19. The highest BCUT2D eigenvalue weighted by atomic mass is 19.4. The van der Waals surface area contributed by atoms with Crippen molar-refractivity contribution in [1.29, 1.82) is 0 Å². The van der Waals surface area contributed by atoms with Crippen LogP contribution < -0.4 is 21.9 Å². The maximum absolute atomic E-state index is 15.0. The molecule has 0 bridgehead atoms. The molecular formula is C32H12BF24-. The van der Waals surface area contributed by atoms with Crippen LogP contribution >= 0.6 is 0 Å². The zero-order chi connectivity index (χ0) is 43.9. The van der Waals surface area contributed by atoms with Gasteiger partial charge in [-0.05, 0) is 24.3 Å². The summed E-state index contributed by atoms with van der Waals surface area (Å²) in [5, 5.41) is 0. The first kappa shape index (κ1) is 45.0. The number of rotatable bonds is 4. The SMILES string of the molecule is FC(F)(F)c1cccc([B-](c2cccc(C(F)(F)F)c2C(F)(F)F)(c2cccc(C(F)(F)F)c2C(F)(F)F)c2cccc(C(F)(F)F)c2C(F)(F)F)c1C(F)(F)F. The van der Waals surface area contributed by atoms with E-state index in [0.29, 0.717) is 0 Å². The fourth-order valence-electron chi connectivity index (χ4n) is 6.94. The van der Waals surface area contributed by atoms with Gasteiger partial charge in [0.2, 0.25) is 0 Å². The summed E-state index contributed by atoms with van der Waals surface area (Å²) in [5.41, 5.74) is -39.0. The van der Waals surface area contributed by atoms with Gasteiger partial charge in [-0.1, -0.05) is 48.5 Å². The Morgan fingerprint density at radius 1 is 0.228 bits per heavy atom. The fraction of sp³-hybridized carbons (Fsp3) is 0.250. The number of halogens is 24. The third-order valence-electron chi connectivity index (χ3n) is 8.61. The van der Waals surface area contributed by atoms with Crippen molar-refractivity contribution in [2.45, 2.75) is 49.4 Å². The van der Waals surface area contributed by atoms with Crippen molar-refractivity contribution in [3.63, 3.8) is 0 Å². The molecule has 4 aromatic rings. The van der Waals surface area contributed by atoms with Gasteiger partial charge in [-0.3, -0.25) is 0 Å². The molecule has 25 heteroatoms. The molecule has 0 N–H and O–H groups in total. The van der Waals surface area contributed by atoms with Gasteiger partial charge < -0.3 is 0 Å². The van der Waals surface area contributed by atoms with E-state index in [1.54, 1.807) is 0 Å². The van der Waals surface area contributed by atoms with Gasteiger partial charge in [0.1, 0.15) is 6.15 Å². The smallest absolute Gasteiger partial charge is 0.182 e. The predicted octanol–water partition coefficient (Wildman–Crippen LogP) is 11.2. The molecule has 0 atom stereocenters. The Morgan fingerprint density at radius 2 is 0.386 bits per heavy atom. The Kier molecular flexibility index (Phi) is 10.8. The average molecular weight is 863 g/mol. The summed E-state index contributed by atoms with van der Waals surface area (Å²) in [6.45, 7) is 0. The highest BCUT2D eigenvalue weighted by molar-refractivity contribution is 7.20. The minimum atomic E-state index is -6.88. The van der Waals surface area contributed by atoms with Crippen LogP contribution in [-0.2, 0) is 49.4 Å². The first-order valence-corrected chi connectivity index (χ1v) is 14.7. The van der Waals surface area contributed by atoms with Crippen molar-refractivity contribution in [2.75, 3.05) is 0 Å². The van der Waals surface area contributed by atoms with E-state index in [4.69, 9.17) is 0 Å². The number of hydrogen-bond donors (Lipinski definition) is 0. The summed E-state index contributed by atoms with van der Waals surface area (Å²) in [5.74, 6) is 0. The molecule has 0 fully saturated rings. The van der Waals surface area contributed by atoms with Gasteiger partial charge >= 0.3 is 49.4 Å². The van der Waals surface area contributed by atoms with E-state index >= 15 is 52.7 Å². The fourth-order valence-corrected chi connectivity index (χ4v) is 6.94. The van der Waals surface area contributed by atoms with Crippen LogP contribution in [0.4, 0.5) is 105 Å². The van der Waals surface area contributed by atoms with Crippen LogP contribution in [0.15, 0.2) is 72.8 Å². The van der Waals surface area contributed by atoms with Gasteiger partial charge in [-0.2, -0.15) is 127 Å². The van der Waals surface area contributed by atoms with Gasteiger partial charge in [0.05, 0.1) is 22.3 Å². The lowest BCUT2D eigenvalue weighted by Crippen LogP contribution is -2.79. The van der Waals surface area contributed by atoms with Gasteiger partial charge in [0.25, 0.3) is 0 Å². The molecule has 0 unspecified atom stereocenters. The second-order valence-electron chi connectivity index (χ2n) is 11.9. The molecule has 0 saturated carbocycles. The van der Waals surface area contributed by atoms with E-state index in [1.807, 2.05) is 0 Å². The highest BCUT2D eigenvalue weighted by Crippen LogP contribution is 2.47. The summed E-state index contributed by atoms with van der Waals surface area (Å²) in [6, 6.07) is -6.15. The van der Waals surface area contributed by atoms with E-state index < -0.39 is 170 Å². The van der Waals surface area contributed by atoms with Crippen LogP contribution in [0.1, 0.15) is 44.5 Å². The molecule has 57 heavy (non-hydrogen) atoms. The Balaban J connectivity index is 2.78. The average Bonchev–Trinajstić information content (AvgIpc) is 3.01. The number of hydrogen-bond acceptors (Lipinski definition) is 0. The lowest BCUT2D eigenvalue weighted by atomic mass is 9.11. The molecule has 4 rings (SSSR count). The maximum atomic E-state index is 15.0. The van der Waals surface area contributed by atoms with E-state index in [1.165, 1.54) is 0 Å². The quantitative estimate of drug-likeness (QED) is 0.142. The monoisotopic (exact) mass is 863 g/mol. The molecule has 0 amide bonds. The van der Waals surface area contributed by atoms with E-state index in [2.05, 4.69) is 0 Å². The molecule has 312 valence electrons. The third-order valence-corrected chi connectivity index (χ3v) is 8.61. The second kappa shape index (κ2) is 13.7. The van der Waals surface area contributed by atoms with Crippen molar-refractivity contribution >= 4 is 28.0 Å². The molecule has 0 heterocycles. The molecule has 0 aliphatic carbocycles. The molecule has 0 nitrogen and oxygen atoms in total. The Hall–Kier alpha value is -4.74. The van der Waals surface area contributed by atoms with Crippen molar-refractivity contribution in [3.8, 4) is 0 Å². The second-order valence-corrected chi connectivity index (χ2v) is 11.9. The molecule has 0 aliphatic heterocycles. The lowest BCUT2D eigenvalue weighted by molar-refractivity contribution is -0.162. The van der Waals surface area contributed by atoms with Gasteiger partial charge in [0.15, 0.2) is 0 Å². The van der Waals surface area contributed by atoms with Crippen LogP contribution in [0.5, 0.6) is 0 Å². The molecule has 0 aromatic heterocycles.